The van der Waals surface area contributed by atoms with Gasteiger partial charge in [-0.2, -0.15) is 0 Å². The van der Waals surface area contributed by atoms with E-state index in [1.165, 1.54) is 6.33 Å². The number of nitrogens with zero attached hydrogens (tertiary/aromatic N) is 3. The molecule has 0 radical (unpaired) electrons. The van der Waals surface area contributed by atoms with Crippen LogP contribution in [0.2, 0.25) is 0 Å². The van der Waals surface area contributed by atoms with Crippen molar-refractivity contribution >= 4 is 22.8 Å². The summed E-state index contributed by atoms with van der Waals surface area (Å²) < 4.78 is 0. The molecule has 20 heavy (non-hydrogen) atoms. The molecule has 1 aliphatic heterocycles. The Kier molecular flexibility index (Phi) is 3.06. The Morgan fingerprint density at radius 2 is 2.30 bits per heavy atom. The Hall–Kier alpha value is -2.15. The highest BCUT2D eigenvalue weighted by Gasteiger charge is 2.26. The van der Waals surface area contributed by atoms with Crippen LogP contribution < -0.4 is 4.90 Å². The molecule has 7 nitrogen and oxygen atoms in total. The van der Waals surface area contributed by atoms with Crippen molar-refractivity contribution in [2.45, 2.75) is 19.4 Å². The third-order valence-corrected chi connectivity index (χ3v) is 3.79. The lowest BCUT2D eigenvalue weighted by molar-refractivity contribution is 0.0691. The molecule has 3 N–H and O–H groups in total. The van der Waals surface area contributed by atoms with E-state index in [2.05, 4.69) is 19.9 Å². The summed E-state index contributed by atoms with van der Waals surface area (Å²) in [6.07, 6.45) is 1.82. The van der Waals surface area contributed by atoms with Crippen molar-refractivity contribution in [3.63, 3.8) is 0 Å². The van der Waals surface area contributed by atoms with Gasteiger partial charge in [0.2, 0.25) is 0 Å². The smallest absolute Gasteiger partial charge is 0.352 e. The fourth-order valence-corrected chi connectivity index (χ4v) is 2.62. The van der Waals surface area contributed by atoms with Crippen molar-refractivity contribution in [3.05, 3.63) is 18.1 Å². The number of anilines is 1. The summed E-state index contributed by atoms with van der Waals surface area (Å²) in [4.78, 5) is 24.2. The highest BCUT2D eigenvalue weighted by molar-refractivity contribution is 5.96. The first-order valence-corrected chi connectivity index (χ1v) is 6.56. The molecule has 2 aromatic rings. The molecule has 1 saturated heterocycles. The van der Waals surface area contributed by atoms with Crippen LogP contribution >= 0.6 is 0 Å². The maximum Gasteiger partial charge on any atom is 0.352 e. The van der Waals surface area contributed by atoms with Crippen molar-refractivity contribution in [1.29, 1.82) is 0 Å². The van der Waals surface area contributed by atoms with Gasteiger partial charge in [0.25, 0.3) is 0 Å². The number of aromatic amines is 1. The number of rotatable bonds is 2. The fraction of sp³-hybridized carbons (Fsp3) is 0.462. The van der Waals surface area contributed by atoms with E-state index in [1.54, 1.807) is 6.07 Å². The maximum absolute atomic E-state index is 11.0. The number of nitrogens with one attached hydrogen (secondary N) is 1. The predicted octanol–water partition coefficient (Wildman–Crippen LogP) is 0.863. The average molecular weight is 276 g/mol. The first kappa shape index (κ1) is 12.9. The van der Waals surface area contributed by atoms with Gasteiger partial charge in [-0.05, 0) is 18.4 Å². The molecule has 1 fully saturated rings. The summed E-state index contributed by atoms with van der Waals surface area (Å²) >= 11 is 0. The van der Waals surface area contributed by atoms with E-state index in [-0.39, 0.29) is 17.7 Å². The van der Waals surface area contributed by atoms with Crippen LogP contribution in [-0.4, -0.2) is 50.3 Å². The number of hydrogen-bond acceptors (Lipinski definition) is 5. The van der Waals surface area contributed by atoms with Crippen molar-refractivity contribution in [2.24, 2.45) is 5.92 Å². The van der Waals surface area contributed by atoms with Gasteiger partial charge in [0.05, 0.1) is 11.5 Å². The summed E-state index contributed by atoms with van der Waals surface area (Å²) in [7, 11) is 0. The molecule has 2 atom stereocenters. The minimum absolute atomic E-state index is 0.104. The van der Waals surface area contributed by atoms with Gasteiger partial charge in [-0.15, -0.1) is 0 Å². The monoisotopic (exact) mass is 276 g/mol. The number of aliphatic hydroxyl groups is 1. The molecular formula is C13H16N4O3. The Morgan fingerprint density at radius 3 is 3.00 bits per heavy atom. The molecule has 0 saturated carbocycles. The van der Waals surface area contributed by atoms with Crippen LogP contribution in [0.5, 0.6) is 0 Å². The molecule has 0 aliphatic carbocycles. The number of aromatic carboxylic acids is 1. The van der Waals surface area contributed by atoms with E-state index in [1.807, 2.05) is 6.92 Å². The number of carboxylic acids is 1. The molecule has 0 spiro atoms. The number of hydrogen-bond donors (Lipinski definition) is 3. The van der Waals surface area contributed by atoms with Gasteiger partial charge >= 0.3 is 5.97 Å². The Bertz CT molecular complexity index is 654. The molecule has 106 valence electrons. The number of H-pyrrole nitrogens is 1. The van der Waals surface area contributed by atoms with E-state index in [0.717, 1.165) is 5.82 Å². The second-order valence-corrected chi connectivity index (χ2v) is 5.23. The zero-order valence-corrected chi connectivity index (χ0v) is 11.1. The summed E-state index contributed by atoms with van der Waals surface area (Å²) in [5, 5.41) is 19.5. The summed E-state index contributed by atoms with van der Waals surface area (Å²) in [5.41, 5.74) is 0.623. The van der Waals surface area contributed by atoms with Gasteiger partial charge < -0.3 is 20.1 Å². The van der Waals surface area contributed by atoms with E-state index in [4.69, 9.17) is 5.11 Å². The van der Waals surface area contributed by atoms with Gasteiger partial charge in [-0.25, -0.2) is 14.8 Å². The van der Waals surface area contributed by atoms with Crippen LogP contribution in [0, 0.1) is 5.92 Å². The zero-order chi connectivity index (χ0) is 14.3. The quantitative estimate of drug-likeness (QED) is 0.752. The fourth-order valence-electron chi connectivity index (χ4n) is 2.62. The van der Waals surface area contributed by atoms with Crippen LogP contribution in [0.25, 0.3) is 11.0 Å². The molecule has 0 aromatic carbocycles. The molecule has 0 bridgehead atoms. The number of piperidine rings is 1. The van der Waals surface area contributed by atoms with Crippen molar-refractivity contribution in [3.8, 4) is 0 Å². The van der Waals surface area contributed by atoms with Crippen LogP contribution in [0.4, 0.5) is 5.82 Å². The molecule has 0 amide bonds. The molecule has 3 heterocycles. The van der Waals surface area contributed by atoms with E-state index >= 15 is 0 Å². The molecule has 7 heteroatoms. The number of carboxylic acid groups (broad SMARTS) is 1. The topological polar surface area (TPSA) is 102 Å². The summed E-state index contributed by atoms with van der Waals surface area (Å²) in [6, 6.07) is 1.56. The van der Waals surface area contributed by atoms with Crippen molar-refractivity contribution in [2.75, 3.05) is 18.0 Å². The van der Waals surface area contributed by atoms with Crippen molar-refractivity contribution < 1.29 is 15.0 Å². The lowest BCUT2D eigenvalue weighted by Crippen LogP contribution is -2.42. The Morgan fingerprint density at radius 1 is 1.50 bits per heavy atom. The second kappa shape index (κ2) is 4.75. The van der Waals surface area contributed by atoms with Gasteiger partial charge in [0.1, 0.15) is 23.5 Å². The number of aliphatic hydroxyl groups excluding tert-OH is 1. The normalized spacial score (nSPS) is 23.2. The van der Waals surface area contributed by atoms with Crippen molar-refractivity contribution in [1.82, 2.24) is 15.0 Å². The number of aromatic nitrogens is 3. The Balaban J connectivity index is 2.01. The zero-order valence-electron chi connectivity index (χ0n) is 11.1. The van der Waals surface area contributed by atoms with Gasteiger partial charge in [-0.3, -0.25) is 0 Å². The minimum Gasteiger partial charge on any atom is -0.477 e. The maximum atomic E-state index is 11.0. The van der Waals surface area contributed by atoms with Crippen LogP contribution in [0.15, 0.2) is 12.4 Å². The van der Waals surface area contributed by atoms with Gasteiger partial charge in [0.15, 0.2) is 0 Å². The lowest BCUT2D eigenvalue weighted by atomic mass is 9.97. The first-order chi connectivity index (χ1) is 9.56. The average Bonchev–Trinajstić information content (AvgIpc) is 2.86. The van der Waals surface area contributed by atoms with Gasteiger partial charge in [-0.1, -0.05) is 6.92 Å². The Labute approximate surface area is 115 Å². The number of fused-ring (bicyclic) bond motifs is 1. The third kappa shape index (κ3) is 2.09. The predicted molar refractivity (Wildman–Crippen MR) is 72.8 cm³/mol. The standard InChI is InChI=1S/C13H16N4O3/c1-7-5-17(3-2-10(7)18)12-8-4-9(13(19)20)16-11(8)14-6-15-12/h4,6-7,10,18H,2-3,5H2,1H3,(H,19,20)(H,14,15,16). The molecule has 2 aromatic heterocycles. The molecule has 1 aliphatic rings. The highest BCUT2D eigenvalue weighted by Crippen LogP contribution is 2.28. The van der Waals surface area contributed by atoms with E-state index in [0.29, 0.717) is 30.5 Å². The largest absolute Gasteiger partial charge is 0.477 e. The highest BCUT2D eigenvalue weighted by atomic mass is 16.4. The summed E-state index contributed by atoms with van der Waals surface area (Å²) in [6.45, 7) is 3.39. The van der Waals surface area contributed by atoms with E-state index < -0.39 is 5.97 Å². The number of carbonyl (C=O) groups is 1. The summed E-state index contributed by atoms with van der Waals surface area (Å²) in [5.74, 6) is -0.138. The minimum atomic E-state index is -1.02. The first-order valence-electron chi connectivity index (χ1n) is 6.56. The van der Waals surface area contributed by atoms with Crippen LogP contribution in [0.1, 0.15) is 23.8 Å². The molecule has 2 unspecified atom stereocenters. The van der Waals surface area contributed by atoms with E-state index in [9.17, 15) is 9.90 Å². The lowest BCUT2D eigenvalue weighted by Gasteiger charge is -2.35. The van der Waals surface area contributed by atoms with Crippen LogP contribution in [0.3, 0.4) is 0 Å². The van der Waals surface area contributed by atoms with Gasteiger partial charge in [0, 0.05) is 13.1 Å². The van der Waals surface area contributed by atoms with Crippen LogP contribution in [-0.2, 0) is 0 Å². The SMILES string of the molecule is CC1CN(c2ncnc3[nH]c(C(=O)O)cc23)CCC1O. The third-order valence-electron chi connectivity index (χ3n) is 3.79. The molecular weight excluding hydrogens is 260 g/mol. The molecule has 3 rings (SSSR count). The second-order valence-electron chi connectivity index (χ2n) is 5.23.